The van der Waals surface area contributed by atoms with Crippen LogP contribution in [0.1, 0.15) is 26.2 Å². The van der Waals surface area contributed by atoms with Gasteiger partial charge in [0, 0.05) is 26.7 Å². The van der Waals surface area contributed by atoms with Gasteiger partial charge in [-0.2, -0.15) is 0 Å². The van der Waals surface area contributed by atoms with Gasteiger partial charge < -0.3 is 15.1 Å². The smallest absolute Gasteiger partial charge is 0.234 e. The van der Waals surface area contributed by atoms with Crippen LogP contribution in [0.4, 0.5) is 11.4 Å². The van der Waals surface area contributed by atoms with E-state index in [4.69, 9.17) is 0 Å². The van der Waals surface area contributed by atoms with Gasteiger partial charge in [0.1, 0.15) is 0 Å². The van der Waals surface area contributed by atoms with Crippen molar-refractivity contribution in [3.63, 3.8) is 0 Å². The van der Waals surface area contributed by atoms with E-state index in [1.807, 2.05) is 17.0 Å². The fraction of sp³-hybridized carbons (Fsp3) is 0.588. The van der Waals surface area contributed by atoms with Crippen molar-refractivity contribution in [3.8, 4) is 0 Å². The van der Waals surface area contributed by atoms with Gasteiger partial charge in [-0.25, -0.2) is 0 Å². The maximum absolute atomic E-state index is 13.2. The topological polar surface area (TPSA) is 35.6 Å². The zero-order chi connectivity index (χ0) is 14.9. The van der Waals surface area contributed by atoms with Gasteiger partial charge in [0.15, 0.2) is 0 Å². The van der Waals surface area contributed by atoms with Gasteiger partial charge in [0.2, 0.25) is 5.91 Å². The van der Waals surface area contributed by atoms with Crippen LogP contribution in [0.15, 0.2) is 24.3 Å². The Labute approximate surface area is 127 Å². The first-order valence-corrected chi connectivity index (χ1v) is 8.01. The van der Waals surface area contributed by atoms with Gasteiger partial charge in [-0.1, -0.05) is 25.5 Å². The molecule has 0 spiro atoms. The maximum atomic E-state index is 13.2. The Morgan fingerprint density at radius 1 is 1.29 bits per heavy atom. The lowest BCUT2D eigenvalue weighted by atomic mass is 9.80. The summed E-state index contributed by atoms with van der Waals surface area (Å²) >= 11 is 0. The second kappa shape index (κ2) is 5.68. The van der Waals surface area contributed by atoms with Crippen molar-refractivity contribution in [2.24, 2.45) is 5.41 Å². The summed E-state index contributed by atoms with van der Waals surface area (Å²) in [6, 6.07) is 8.25. The molecular formula is C17H25N3O. The molecule has 0 aromatic heterocycles. The van der Waals surface area contributed by atoms with E-state index >= 15 is 0 Å². The Hall–Kier alpha value is -1.55. The van der Waals surface area contributed by atoms with Gasteiger partial charge in [-0.3, -0.25) is 4.79 Å². The molecule has 1 fully saturated rings. The summed E-state index contributed by atoms with van der Waals surface area (Å²) < 4.78 is 0. The van der Waals surface area contributed by atoms with E-state index in [-0.39, 0.29) is 5.41 Å². The quantitative estimate of drug-likeness (QED) is 0.926. The Morgan fingerprint density at radius 2 is 2.05 bits per heavy atom. The van der Waals surface area contributed by atoms with Crippen molar-refractivity contribution in [1.29, 1.82) is 0 Å². The highest BCUT2D eigenvalue weighted by Crippen LogP contribution is 2.39. The summed E-state index contributed by atoms with van der Waals surface area (Å²) in [4.78, 5) is 17.5. The van der Waals surface area contributed by atoms with Gasteiger partial charge in [0.05, 0.1) is 16.8 Å². The van der Waals surface area contributed by atoms with Gasteiger partial charge >= 0.3 is 0 Å². The number of carbonyl (C=O) groups is 1. The Kier molecular flexibility index (Phi) is 3.89. The number of anilines is 2. The van der Waals surface area contributed by atoms with Crippen molar-refractivity contribution in [2.75, 3.05) is 43.0 Å². The van der Waals surface area contributed by atoms with E-state index in [1.54, 1.807) is 0 Å². The minimum atomic E-state index is -0.197. The molecule has 0 saturated carbocycles. The molecule has 0 bridgehead atoms. The highest BCUT2D eigenvalue weighted by atomic mass is 16.2. The first kappa shape index (κ1) is 14.4. The van der Waals surface area contributed by atoms with Crippen LogP contribution >= 0.6 is 0 Å². The molecule has 4 nitrogen and oxygen atoms in total. The van der Waals surface area contributed by atoms with Crippen LogP contribution in [0.3, 0.4) is 0 Å². The van der Waals surface area contributed by atoms with Crippen LogP contribution in [0, 0.1) is 5.41 Å². The molecular weight excluding hydrogens is 262 g/mol. The summed E-state index contributed by atoms with van der Waals surface area (Å²) in [5.41, 5.74) is 2.03. The monoisotopic (exact) mass is 287 g/mol. The van der Waals surface area contributed by atoms with Gasteiger partial charge in [0.25, 0.3) is 0 Å². The third-order valence-electron chi connectivity index (χ3n) is 4.91. The van der Waals surface area contributed by atoms with E-state index in [0.29, 0.717) is 5.91 Å². The first-order valence-electron chi connectivity index (χ1n) is 8.01. The number of hydrogen-bond acceptors (Lipinski definition) is 3. The first-order chi connectivity index (χ1) is 10.2. The number of rotatable bonds is 3. The molecule has 1 aromatic carbocycles. The number of amides is 1. The maximum Gasteiger partial charge on any atom is 0.234 e. The Bertz CT molecular complexity index is 523. The molecule has 1 saturated heterocycles. The molecule has 2 aliphatic heterocycles. The van der Waals surface area contributed by atoms with Crippen LogP contribution in [0.25, 0.3) is 0 Å². The van der Waals surface area contributed by atoms with Crippen LogP contribution in [0.2, 0.25) is 0 Å². The molecule has 0 radical (unpaired) electrons. The SMILES string of the molecule is CCCC1(C(=O)N2CCN(C)c3ccccc32)CCNC1. The second-order valence-corrected chi connectivity index (χ2v) is 6.32. The predicted octanol–water partition coefficient (Wildman–Crippen LogP) is 2.25. The predicted molar refractivity (Wildman–Crippen MR) is 86.9 cm³/mol. The van der Waals surface area contributed by atoms with Crippen molar-refractivity contribution in [1.82, 2.24) is 5.32 Å². The molecule has 1 N–H and O–H groups in total. The van der Waals surface area contributed by atoms with Gasteiger partial charge in [-0.15, -0.1) is 0 Å². The van der Waals surface area contributed by atoms with E-state index in [1.165, 1.54) is 0 Å². The van der Waals surface area contributed by atoms with E-state index < -0.39 is 0 Å². The van der Waals surface area contributed by atoms with Crippen molar-refractivity contribution in [2.45, 2.75) is 26.2 Å². The molecule has 1 amide bonds. The summed E-state index contributed by atoms with van der Waals surface area (Å²) in [5, 5.41) is 3.39. The molecule has 1 aromatic rings. The molecule has 114 valence electrons. The molecule has 4 heteroatoms. The highest BCUT2D eigenvalue weighted by Gasteiger charge is 2.44. The van der Waals surface area contributed by atoms with E-state index in [9.17, 15) is 4.79 Å². The largest absolute Gasteiger partial charge is 0.371 e. The lowest BCUT2D eigenvalue weighted by molar-refractivity contribution is -0.127. The summed E-state index contributed by atoms with van der Waals surface area (Å²) in [5.74, 6) is 0.315. The normalized spacial score (nSPS) is 25.0. The minimum absolute atomic E-state index is 0.197. The average Bonchev–Trinajstić information content (AvgIpc) is 2.98. The fourth-order valence-corrected chi connectivity index (χ4v) is 3.73. The van der Waals surface area contributed by atoms with Crippen LogP contribution in [-0.4, -0.2) is 39.1 Å². The van der Waals surface area contributed by atoms with E-state index in [2.05, 4.69) is 36.3 Å². The Balaban J connectivity index is 1.93. The van der Waals surface area contributed by atoms with Crippen molar-refractivity contribution < 1.29 is 4.79 Å². The summed E-state index contributed by atoms with van der Waals surface area (Å²) in [6.07, 6.45) is 3.00. The molecule has 21 heavy (non-hydrogen) atoms. The second-order valence-electron chi connectivity index (χ2n) is 6.32. The van der Waals surface area contributed by atoms with Crippen molar-refractivity contribution in [3.05, 3.63) is 24.3 Å². The molecule has 2 aliphatic rings. The number of benzene rings is 1. The van der Waals surface area contributed by atoms with E-state index in [0.717, 1.165) is 56.8 Å². The molecule has 1 atom stereocenters. The number of nitrogens with one attached hydrogen (secondary N) is 1. The van der Waals surface area contributed by atoms with Crippen LogP contribution < -0.4 is 15.1 Å². The molecule has 0 aliphatic carbocycles. The number of carbonyl (C=O) groups excluding carboxylic acids is 1. The number of para-hydroxylation sites is 2. The molecule has 3 rings (SSSR count). The standard InChI is InChI=1S/C17H25N3O/c1-3-8-17(9-10-18-13-17)16(21)20-12-11-19(2)14-6-4-5-7-15(14)20/h4-7,18H,3,8-13H2,1-2H3. The number of hydrogen-bond donors (Lipinski definition) is 1. The third-order valence-corrected chi connectivity index (χ3v) is 4.91. The highest BCUT2D eigenvalue weighted by molar-refractivity contribution is 6.01. The van der Waals surface area contributed by atoms with Crippen molar-refractivity contribution >= 4 is 17.3 Å². The zero-order valence-electron chi connectivity index (χ0n) is 13.1. The average molecular weight is 287 g/mol. The summed E-state index contributed by atoms with van der Waals surface area (Å²) in [7, 11) is 2.10. The lowest BCUT2D eigenvalue weighted by Gasteiger charge is -2.40. The summed E-state index contributed by atoms with van der Waals surface area (Å²) in [6.45, 7) is 5.65. The Morgan fingerprint density at radius 3 is 2.71 bits per heavy atom. The van der Waals surface area contributed by atoms with Crippen LogP contribution in [-0.2, 0) is 4.79 Å². The fourth-order valence-electron chi connectivity index (χ4n) is 3.73. The van der Waals surface area contributed by atoms with Gasteiger partial charge in [-0.05, 0) is 31.5 Å². The zero-order valence-corrected chi connectivity index (χ0v) is 13.1. The minimum Gasteiger partial charge on any atom is -0.371 e. The number of likely N-dealkylation sites (N-methyl/N-ethyl adjacent to an activating group) is 1. The number of nitrogens with zero attached hydrogens (tertiary/aromatic N) is 2. The molecule has 1 unspecified atom stereocenters. The van der Waals surface area contributed by atoms with Crippen LogP contribution in [0.5, 0.6) is 0 Å². The molecule has 2 heterocycles. The lowest BCUT2D eigenvalue weighted by Crippen LogP contribution is -2.50. The third kappa shape index (κ3) is 2.42. The number of fused-ring (bicyclic) bond motifs is 1.